The molecule has 5 nitrogen and oxygen atoms in total. The summed E-state index contributed by atoms with van der Waals surface area (Å²) in [6.45, 7) is 3.96. The Balaban J connectivity index is 1.34. The monoisotopic (exact) mass is 354 g/mol. The molecule has 1 aromatic heterocycles. The standard InChI is InChI=1S/C21H26N2O3/c1-3-11-22-18(5-1)16-26-19-9-7-17(8-10-19)15-23-12-4-2-6-20(23)21-24-13-14-25-21/h1,3,5,7-11,20-21H,2,4,6,12-16H2. The molecule has 1 unspecified atom stereocenters. The van der Waals surface area contributed by atoms with Crippen molar-refractivity contribution in [2.45, 2.75) is 44.7 Å². The van der Waals surface area contributed by atoms with Crippen LogP contribution in [0.3, 0.4) is 0 Å². The van der Waals surface area contributed by atoms with E-state index in [0.29, 0.717) is 12.6 Å². The van der Waals surface area contributed by atoms with Crippen LogP contribution in [0.4, 0.5) is 0 Å². The molecular formula is C21H26N2O3. The predicted molar refractivity (Wildman–Crippen MR) is 98.8 cm³/mol. The van der Waals surface area contributed by atoms with E-state index in [1.54, 1.807) is 6.20 Å². The largest absolute Gasteiger partial charge is 0.487 e. The second kappa shape index (κ2) is 8.62. The van der Waals surface area contributed by atoms with E-state index in [2.05, 4.69) is 22.0 Å². The molecular weight excluding hydrogens is 328 g/mol. The number of hydrogen-bond acceptors (Lipinski definition) is 5. The second-order valence-electron chi connectivity index (χ2n) is 6.90. The number of hydrogen-bond donors (Lipinski definition) is 0. The minimum absolute atomic E-state index is 0.0590. The maximum Gasteiger partial charge on any atom is 0.173 e. The van der Waals surface area contributed by atoms with Crippen molar-refractivity contribution in [3.63, 3.8) is 0 Å². The highest BCUT2D eigenvalue weighted by Crippen LogP contribution is 2.26. The van der Waals surface area contributed by atoms with Gasteiger partial charge in [-0.1, -0.05) is 24.6 Å². The van der Waals surface area contributed by atoms with Gasteiger partial charge in [0.15, 0.2) is 6.29 Å². The fraction of sp³-hybridized carbons (Fsp3) is 0.476. The summed E-state index contributed by atoms with van der Waals surface area (Å²) < 4.78 is 17.4. The number of benzene rings is 1. The number of rotatable bonds is 6. The Morgan fingerprint density at radius 1 is 1.04 bits per heavy atom. The van der Waals surface area contributed by atoms with Crippen LogP contribution in [-0.2, 0) is 22.6 Å². The van der Waals surface area contributed by atoms with Crippen molar-refractivity contribution >= 4 is 0 Å². The van der Waals surface area contributed by atoms with Crippen LogP contribution in [0.25, 0.3) is 0 Å². The molecule has 0 aliphatic carbocycles. The zero-order valence-corrected chi connectivity index (χ0v) is 15.0. The molecule has 1 aromatic carbocycles. The third kappa shape index (κ3) is 4.41. The molecule has 0 radical (unpaired) electrons. The number of pyridine rings is 1. The summed E-state index contributed by atoms with van der Waals surface area (Å²) in [5.74, 6) is 0.872. The molecule has 4 rings (SSSR count). The molecule has 0 amide bonds. The van der Waals surface area contributed by atoms with Crippen LogP contribution in [0.1, 0.15) is 30.5 Å². The lowest BCUT2D eigenvalue weighted by molar-refractivity contribution is -0.111. The second-order valence-corrected chi connectivity index (χ2v) is 6.90. The fourth-order valence-electron chi connectivity index (χ4n) is 3.69. The van der Waals surface area contributed by atoms with Crippen LogP contribution < -0.4 is 4.74 Å². The van der Waals surface area contributed by atoms with Crippen molar-refractivity contribution in [1.29, 1.82) is 0 Å². The van der Waals surface area contributed by atoms with E-state index in [0.717, 1.165) is 44.2 Å². The van der Waals surface area contributed by atoms with Gasteiger partial charge in [-0.2, -0.15) is 0 Å². The molecule has 0 N–H and O–H groups in total. The van der Waals surface area contributed by atoms with E-state index in [1.807, 2.05) is 30.3 Å². The van der Waals surface area contributed by atoms with Crippen molar-refractivity contribution in [3.8, 4) is 5.75 Å². The zero-order valence-electron chi connectivity index (χ0n) is 15.0. The zero-order chi connectivity index (χ0) is 17.6. The van der Waals surface area contributed by atoms with Crippen molar-refractivity contribution in [2.24, 2.45) is 0 Å². The first kappa shape index (κ1) is 17.5. The number of likely N-dealkylation sites (tertiary alicyclic amines) is 1. The van der Waals surface area contributed by atoms with Crippen LogP contribution in [0.5, 0.6) is 5.75 Å². The first-order chi connectivity index (χ1) is 12.9. The average molecular weight is 354 g/mol. The number of piperidine rings is 1. The highest BCUT2D eigenvalue weighted by atomic mass is 16.7. The van der Waals surface area contributed by atoms with Crippen molar-refractivity contribution in [2.75, 3.05) is 19.8 Å². The van der Waals surface area contributed by atoms with Crippen LogP contribution in [-0.4, -0.2) is 42.0 Å². The van der Waals surface area contributed by atoms with Gasteiger partial charge in [-0.3, -0.25) is 9.88 Å². The topological polar surface area (TPSA) is 43.8 Å². The number of nitrogens with zero attached hydrogens (tertiary/aromatic N) is 2. The Hall–Kier alpha value is -1.95. The normalized spacial score (nSPS) is 21.8. The van der Waals surface area contributed by atoms with E-state index in [4.69, 9.17) is 14.2 Å². The maximum atomic E-state index is 5.82. The van der Waals surface area contributed by atoms with Gasteiger partial charge in [-0.05, 0) is 49.2 Å². The van der Waals surface area contributed by atoms with E-state index in [1.165, 1.54) is 18.4 Å². The minimum atomic E-state index is -0.0590. The van der Waals surface area contributed by atoms with Gasteiger partial charge in [-0.15, -0.1) is 0 Å². The van der Waals surface area contributed by atoms with Gasteiger partial charge in [0.2, 0.25) is 0 Å². The summed E-state index contributed by atoms with van der Waals surface area (Å²) in [5.41, 5.74) is 2.23. The molecule has 1 atom stereocenters. The van der Waals surface area contributed by atoms with Gasteiger partial charge in [0.05, 0.1) is 24.9 Å². The minimum Gasteiger partial charge on any atom is -0.487 e. The molecule has 3 heterocycles. The predicted octanol–water partition coefficient (Wildman–Crippen LogP) is 3.39. The van der Waals surface area contributed by atoms with Crippen LogP contribution in [0, 0.1) is 0 Å². The summed E-state index contributed by atoms with van der Waals surface area (Å²) in [5, 5.41) is 0. The summed E-state index contributed by atoms with van der Waals surface area (Å²) in [6, 6.07) is 14.6. The summed E-state index contributed by atoms with van der Waals surface area (Å²) >= 11 is 0. The van der Waals surface area contributed by atoms with Gasteiger partial charge in [-0.25, -0.2) is 0 Å². The molecule has 0 saturated carbocycles. The van der Waals surface area contributed by atoms with E-state index in [9.17, 15) is 0 Å². The Labute approximate surface area is 154 Å². The molecule has 2 aliphatic heterocycles. The van der Waals surface area contributed by atoms with Gasteiger partial charge in [0.25, 0.3) is 0 Å². The summed E-state index contributed by atoms with van der Waals surface area (Å²) in [4.78, 5) is 6.78. The molecule has 0 spiro atoms. The van der Waals surface area contributed by atoms with Gasteiger partial charge in [0, 0.05) is 12.7 Å². The number of ether oxygens (including phenoxy) is 3. The van der Waals surface area contributed by atoms with Gasteiger partial charge < -0.3 is 14.2 Å². The Kier molecular flexibility index (Phi) is 5.79. The average Bonchev–Trinajstić information content (AvgIpc) is 3.23. The molecule has 2 aliphatic rings. The number of aromatic nitrogens is 1. The Bertz CT molecular complexity index is 671. The maximum absolute atomic E-state index is 5.82. The molecule has 138 valence electrons. The molecule has 0 bridgehead atoms. The smallest absolute Gasteiger partial charge is 0.173 e. The molecule has 2 fully saturated rings. The molecule has 2 aromatic rings. The van der Waals surface area contributed by atoms with E-state index >= 15 is 0 Å². The highest BCUT2D eigenvalue weighted by Gasteiger charge is 2.33. The van der Waals surface area contributed by atoms with E-state index in [-0.39, 0.29) is 6.29 Å². The molecule has 5 heteroatoms. The lowest BCUT2D eigenvalue weighted by atomic mass is 10.0. The van der Waals surface area contributed by atoms with Crippen molar-refractivity contribution in [3.05, 3.63) is 59.9 Å². The van der Waals surface area contributed by atoms with Crippen LogP contribution in [0.15, 0.2) is 48.7 Å². The molecule has 26 heavy (non-hydrogen) atoms. The lowest BCUT2D eigenvalue weighted by Crippen LogP contribution is -2.46. The van der Waals surface area contributed by atoms with Gasteiger partial charge in [0.1, 0.15) is 12.4 Å². The highest BCUT2D eigenvalue weighted by molar-refractivity contribution is 5.27. The van der Waals surface area contributed by atoms with Gasteiger partial charge >= 0.3 is 0 Å². The molecule has 2 saturated heterocycles. The SMILES string of the molecule is c1ccc(COc2ccc(CN3CCCCC3C3OCCO3)cc2)nc1. The lowest BCUT2D eigenvalue weighted by Gasteiger charge is -2.38. The quantitative estimate of drug-likeness (QED) is 0.796. The van der Waals surface area contributed by atoms with E-state index < -0.39 is 0 Å². The Morgan fingerprint density at radius 3 is 2.65 bits per heavy atom. The summed E-state index contributed by atoms with van der Waals surface area (Å²) in [7, 11) is 0. The Morgan fingerprint density at radius 2 is 1.88 bits per heavy atom. The first-order valence-electron chi connectivity index (χ1n) is 9.47. The van der Waals surface area contributed by atoms with Crippen LogP contribution >= 0.6 is 0 Å². The third-order valence-electron chi connectivity index (χ3n) is 5.05. The van der Waals surface area contributed by atoms with Crippen molar-refractivity contribution < 1.29 is 14.2 Å². The van der Waals surface area contributed by atoms with Crippen molar-refractivity contribution in [1.82, 2.24) is 9.88 Å². The first-order valence-corrected chi connectivity index (χ1v) is 9.47. The van der Waals surface area contributed by atoms with Crippen LogP contribution in [0.2, 0.25) is 0 Å². The summed E-state index contributed by atoms with van der Waals surface area (Å²) in [6.07, 6.45) is 5.38. The fourth-order valence-corrected chi connectivity index (χ4v) is 3.69. The third-order valence-corrected chi connectivity index (χ3v) is 5.05.